The molecule has 4 heteroatoms. The molecule has 0 heterocycles. The van der Waals surface area contributed by atoms with Crippen LogP contribution in [0.15, 0.2) is 54.6 Å². The quantitative estimate of drug-likeness (QED) is 0.634. The maximum atomic E-state index is 13.3. The van der Waals surface area contributed by atoms with E-state index in [4.69, 9.17) is 5.73 Å². The Bertz CT molecular complexity index is 823. The van der Waals surface area contributed by atoms with Gasteiger partial charge in [0.25, 0.3) is 0 Å². The van der Waals surface area contributed by atoms with Gasteiger partial charge in [0.05, 0.1) is 11.1 Å². The van der Waals surface area contributed by atoms with Crippen LogP contribution < -0.4 is 5.73 Å². The minimum atomic E-state index is -4.36. The van der Waals surface area contributed by atoms with Crippen LogP contribution >= 0.6 is 0 Å². The zero-order valence-electron chi connectivity index (χ0n) is 15.8. The van der Waals surface area contributed by atoms with Crippen LogP contribution in [0.1, 0.15) is 61.8 Å². The van der Waals surface area contributed by atoms with E-state index in [9.17, 15) is 13.2 Å². The van der Waals surface area contributed by atoms with Gasteiger partial charge in [0.15, 0.2) is 0 Å². The molecule has 0 aliphatic heterocycles. The molecule has 0 amide bonds. The Balaban J connectivity index is 2.26. The lowest BCUT2D eigenvalue weighted by molar-refractivity contribution is -0.137. The van der Waals surface area contributed by atoms with Crippen molar-refractivity contribution < 1.29 is 13.2 Å². The van der Waals surface area contributed by atoms with Gasteiger partial charge in [-0.1, -0.05) is 69.2 Å². The Morgan fingerprint density at radius 2 is 1.74 bits per heavy atom. The molecule has 0 spiro atoms. The van der Waals surface area contributed by atoms with Crippen LogP contribution in [0.3, 0.4) is 0 Å². The monoisotopic (exact) mass is 373 g/mol. The molecule has 27 heavy (non-hydrogen) atoms. The van der Waals surface area contributed by atoms with Crippen LogP contribution in [0.25, 0.3) is 5.57 Å². The first-order valence-corrected chi connectivity index (χ1v) is 9.60. The van der Waals surface area contributed by atoms with Crippen LogP contribution in [0.2, 0.25) is 0 Å². The highest BCUT2D eigenvalue weighted by Gasteiger charge is 2.48. The molecule has 3 rings (SSSR count). The second-order valence-corrected chi connectivity index (χ2v) is 7.28. The second kappa shape index (κ2) is 7.51. The molecule has 2 aromatic carbocycles. The summed E-state index contributed by atoms with van der Waals surface area (Å²) in [5, 5.41) is 0. The van der Waals surface area contributed by atoms with E-state index >= 15 is 0 Å². The Morgan fingerprint density at radius 1 is 1.04 bits per heavy atom. The highest BCUT2D eigenvalue weighted by molar-refractivity contribution is 5.80. The van der Waals surface area contributed by atoms with Gasteiger partial charge in [0.1, 0.15) is 0 Å². The average molecular weight is 373 g/mol. The van der Waals surface area contributed by atoms with Gasteiger partial charge in [-0.2, -0.15) is 13.2 Å². The maximum Gasteiger partial charge on any atom is 0.416 e. The van der Waals surface area contributed by atoms with Gasteiger partial charge in [0.2, 0.25) is 0 Å². The third kappa shape index (κ3) is 3.43. The summed E-state index contributed by atoms with van der Waals surface area (Å²) in [7, 11) is 0. The number of hydrogen-bond acceptors (Lipinski definition) is 1. The fourth-order valence-electron chi connectivity index (χ4n) is 4.24. The first-order valence-electron chi connectivity index (χ1n) is 9.60. The van der Waals surface area contributed by atoms with Crippen molar-refractivity contribution in [3.05, 3.63) is 76.9 Å². The Labute approximate surface area is 159 Å². The third-order valence-electron chi connectivity index (χ3n) is 5.51. The van der Waals surface area contributed by atoms with E-state index in [1.165, 1.54) is 6.07 Å². The van der Waals surface area contributed by atoms with Gasteiger partial charge in [-0.25, -0.2) is 0 Å². The molecule has 0 aromatic heterocycles. The van der Waals surface area contributed by atoms with Crippen LogP contribution in [0.5, 0.6) is 0 Å². The number of rotatable bonds is 5. The van der Waals surface area contributed by atoms with Gasteiger partial charge < -0.3 is 5.73 Å². The molecule has 2 aromatic rings. The van der Waals surface area contributed by atoms with Crippen molar-refractivity contribution in [2.75, 3.05) is 0 Å². The van der Waals surface area contributed by atoms with E-state index in [1.807, 2.05) is 30.3 Å². The summed E-state index contributed by atoms with van der Waals surface area (Å²) in [6.07, 6.45) is 1.25. The van der Waals surface area contributed by atoms with Crippen molar-refractivity contribution in [3.63, 3.8) is 0 Å². The molecule has 1 aliphatic rings. The van der Waals surface area contributed by atoms with E-state index in [-0.39, 0.29) is 5.92 Å². The Kier molecular flexibility index (Phi) is 5.48. The highest BCUT2D eigenvalue weighted by Crippen LogP contribution is 2.53. The maximum absolute atomic E-state index is 13.3. The van der Waals surface area contributed by atoms with Crippen molar-refractivity contribution in [1.29, 1.82) is 0 Å². The van der Waals surface area contributed by atoms with Gasteiger partial charge in [-0.3, -0.25) is 0 Å². The number of benzene rings is 2. The first-order chi connectivity index (χ1) is 12.8. The fourth-order valence-corrected chi connectivity index (χ4v) is 4.24. The standard InChI is InChI=1S/C23H26F3N/c1-3-5-12-18-19-15-17(23(24,25)26)13-14-21(19)22(27,20(18)9-4-2)16-10-7-6-8-11-16/h6-8,10-15,20H,3-5,9,27H2,1-2H3/b18-12+/t20-,22-/m1/s1. The Hall–Kier alpha value is -2.07. The van der Waals surface area contributed by atoms with Crippen LogP contribution in [-0.2, 0) is 11.7 Å². The van der Waals surface area contributed by atoms with Gasteiger partial charge in [0, 0.05) is 5.92 Å². The van der Waals surface area contributed by atoms with E-state index in [2.05, 4.69) is 19.9 Å². The van der Waals surface area contributed by atoms with E-state index < -0.39 is 17.3 Å². The predicted molar refractivity (Wildman–Crippen MR) is 104 cm³/mol. The summed E-state index contributed by atoms with van der Waals surface area (Å²) >= 11 is 0. The number of alkyl halides is 3. The van der Waals surface area contributed by atoms with Crippen molar-refractivity contribution in [2.24, 2.45) is 11.7 Å². The highest BCUT2D eigenvalue weighted by atomic mass is 19.4. The number of hydrogen-bond donors (Lipinski definition) is 1. The molecule has 0 fully saturated rings. The molecule has 1 aliphatic carbocycles. The van der Waals surface area contributed by atoms with Crippen molar-refractivity contribution in [1.82, 2.24) is 0 Å². The first kappa shape index (κ1) is 19.7. The lowest BCUT2D eigenvalue weighted by Gasteiger charge is -2.34. The zero-order chi connectivity index (χ0) is 19.7. The lowest BCUT2D eigenvalue weighted by Crippen LogP contribution is -2.42. The third-order valence-corrected chi connectivity index (χ3v) is 5.51. The van der Waals surface area contributed by atoms with Crippen LogP contribution in [0, 0.1) is 5.92 Å². The minimum absolute atomic E-state index is 0.0325. The molecule has 0 radical (unpaired) electrons. The predicted octanol–water partition coefficient (Wildman–Crippen LogP) is 6.52. The fraction of sp³-hybridized carbons (Fsp3) is 0.391. The van der Waals surface area contributed by atoms with Crippen molar-refractivity contribution in [2.45, 2.75) is 51.2 Å². The second-order valence-electron chi connectivity index (χ2n) is 7.28. The van der Waals surface area contributed by atoms with Gasteiger partial charge >= 0.3 is 6.18 Å². The molecular formula is C23H26F3N. The van der Waals surface area contributed by atoms with E-state index in [0.29, 0.717) is 5.56 Å². The van der Waals surface area contributed by atoms with Crippen LogP contribution in [0.4, 0.5) is 13.2 Å². The average Bonchev–Trinajstić information content (AvgIpc) is 2.89. The number of unbranched alkanes of at least 4 members (excludes halogenated alkanes) is 1. The molecule has 1 nitrogen and oxygen atoms in total. The molecule has 144 valence electrons. The SMILES string of the molecule is CCC/C=C1\c2cc(C(F)(F)F)ccc2[C@@](N)(c2ccccc2)[C@@H]1CCC. The summed E-state index contributed by atoms with van der Waals surface area (Å²) in [5.74, 6) is -0.0325. The number of halogens is 3. The summed E-state index contributed by atoms with van der Waals surface area (Å²) < 4.78 is 40.0. The lowest BCUT2D eigenvalue weighted by atomic mass is 9.75. The number of nitrogens with two attached hydrogens (primary N) is 1. The summed E-state index contributed by atoms with van der Waals surface area (Å²) in [6, 6.07) is 13.8. The molecule has 0 bridgehead atoms. The molecule has 2 N–H and O–H groups in total. The number of allylic oxidation sites excluding steroid dienone is 1. The topological polar surface area (TPSA) is 26.0 Å². The largest absolute Gasteiger partial charge is 0.416 e. The van der Waals surface area contributed by atoms with Crippen molar-refractivity contribution >= 4 is 5.57 Å². The van der Waals surface area contributed by atoms with Crippen molar-refractivity contribution in [3.8, 4) is 0 Å². The summed E-state index contributed by atoms with van der Waals surface area (Å²) in [6.45, 7) is 4.16. The Morgan fingerprint density at radius 3 is 2.33 bits per heavy atom. The smallest absolute Gasteiger partial charge is 0.317 e. The zero-order valence-corrected chi connectivity index (χ0v) is 15.8. The minimum Gasteiger partial charge on any atom is -0.317 e. The normalized spacial score (nSPS) is 23.6. The molecular weight excluding hydrogens is 347 g/mol. The molecule has 0 saturated carbocycles. The van der Waals surface area contributed by atoms with E-state index in [1.54, 1.807) is 6.07 Å². The van der Waals surface area contributed by atoms with Gasteiger partial charge in [-0.05, 0) is 47.2 Å². The number of fused-ring (bicyclic) bond motifs is 1. The summed E-state index contributed by atoms with van der Waals surface area (Å²) in [4.78, 5) is 0. The molecule has 0 saturated heterocycles. The molecule has 0 unspecified atom stereocenters. The van der Waals surface area contributed by atoms with Crippen LogP contribution in [-0.4, -0.2) is 0 Å². The summed E-state index contributed by atoms with van der Waals surface area (Å²) in [5.41, 5.74) is 8.96. The van der Waals surface area contributed by atoms with E-state index in [0.717, 1.165) is 48.4 Å². The molecule has 2 atom stereocenters. The van der Waals surface area contributed by atoms with Gasteiger partial charge in [-0.15, -0.1) is 0 Å².